The first kappa shape index (κ1) is 20.3. The van der Waals surface area contributed by atoms with Crippen LogP contribution >= 0.6 is 0 Å². The van der Waals surface area contributed by atoms with E-state index in [1.54, 1.807) is 0 Å². The monoisotopic (exact) mass is 427 g/mol. The van der Waals surface area contributed by atoms with Gasteiger partial charge in [0.1, 0.15) is 6.61 Å². The number of amides is 1. The summed E-state index contributed by atoms with van der Waals surface area (Å²) < 4.78 is 5.55. The zero-order valence-electron chi connectivity index (χ0n) is 17.7. The fourth-order valence-electron chi connectivity index (χ4n) is 5.13. The Labute approximate surface area is 187 Å². The molecule has 32 heavy (non-hydrogen) atoms. The molecule has 5 heteroatoms. The van der Waals surface area contributed by atoms with Crippen molar-refractivity contribution in [1.82, 2.24) is 5.32 Å². The number of carboxylic acid groups (broad SMARTS) is 1. The van der Waals surface area contributed by atoms with Crippen LogP contribution in [0.5, 0.6) is 0 Å². The molecule has 2 aliphatic rings. The number of aliphatic carboxylic acids is 1. The lowest BCUT2D eigenvalue weighted by atomic mass is 9.60. The summed E-state index contributed by atoms with van der Waals surface area (Å²) in [5.74, 6) is -0.687. The number of nitrogens with one attached hydrogen (secondary N) is 1. The molecule has 1 fully saturated rings. The maximum atomic E-state index is 12.5. The Kier molecular flexibility index (Phi) is 5.17. The zero-order chi connectivity index (χ0) is 22.1. The number of fused-ring (bicyclic) bond motifs is 3. The van der Waals surface area contributed by atoms with Crippen molar-refractivity contribution in [3.63, 3.8) is 0 Å². The molecular weight excluding hydrogens is 402 g/mol. The molecule has 0 bridgehead atoms. The average Bonchev–Trinajstić information content (AvgIpc) is 3.11. The average molecular weight is 428 g/mol. The highest BCUT2D eigenvalue weighted by Crippen LogP contribution is 2.51. The number of hydrogen-bond donors (Lipinski definition) is 2. The van der Waals surface area contributed by atoms with E-state index >= 15 is 0 Å². The predicted molar refractivity (Wildman–Crippen MR) is 122 cm³/mol. The molecule has 0 aromatic heterocycles. The van der Waals surface area contributed by atoms with Crippen LogP contribution in [0.4, 0.5) is 4.79 Å². The fraction of sp³-hybridized carbons (Fsp3) is 0.259. The Morgan fingerprint density at radius 2 is 1.44 bits per heavy atom. The van der Waals surface area contributed by atoms with Gasteiger partial charge in [-0.25, -0.2) is 4.79 Å². The van der Waals surface area contributed by atoms with Gasteiger partial charge in [-0.2, -0.15) is 0 Å². The summed E-state index contributed by atoms with van der Waals surface area (Å²) in [7, 11) is 0. The molecule has 2 N–H and O–H groups in total. The SMILES string of the molecule is O=C(NCC1(C(=O)O)CC(c2ccccc2)C1)OCC1c2ccccc2-c2ccccc21. The molecule has 1 amide bonds. The Morgan fingerprint density at radius 1 is 0.875 bits per heavy atom. The summed E-state index contributed by atoms with van der Waals surface area (Å²) in [5.41, 5.74) is 4.84. The number of rotatable bonds is 6. The Morgan fingerprint density at radius 3 is 2.03 bits per heavy atom. The van der Waals surface area contributed by atoms with Crippen molar-refractivity contribution in [1.29, 1.82) is 0 Å². The van der Waals surface area contributed by atoms with Crippen molar-refractivity contribution >= 4 is 12.1 Å². The van der Waals surface area contributed by atoms with Gasteiger partial charge in [-0.1, -0.05) is 78.9 Å². The van der Waals surface area contributed by atoms with E-state index in [-0.39, 0.29) is 25.0 Å². The van der Waals surface area contributed by atoms with Crippen LogP contribution in [-0.2, 0) is 9.53 Å². The maximum absolute atomic E-state index is 12.5. The third-order valence-corrected chi connectivity index (χ3v) is 6.91. The summed E-state index contributed by atoms with van der Waals surface area (Å²) in [6, 6.07) is 26.2. The van der Waals surface area contributed by atoms with E-state index in [0.717, 1.165) is 16.7 Å². The van der Waals surface area contributed by atoms with Gasteiger partial charge >= 0.3 is 12.1 Å². The highest BCUT2D eigenvalue weighted by Gasteiger charge is 2.51. The van der Waals surface area contributed by atoms with E-state index in [1.807, 2.05) is 54.6 Å². The van der Waals surface area contributed by atoms with Crippen molar-refractivity contribution in [2.24, 2.45) is 5.41 Å². The number of benzene rings is 3. The van der Waals surface area contributed by atoms with Gasteiger partial charge in [0.15, 0.2) is 0 Å². The lowest BCUT2D eigenvalue weighted by molar-refractivity contribution is -0.155. The first-order chi connectivity index (χ1) is 15.6. The minimum Gasteiger partial charge on any atom is -0.481 e. The van der Waals surface area contributed by atoms with Crippen molar-refractivity contribution in [2.75, 3.05) is 13.2 Å². The summed E-state index contributed by atoms with van der Waals surface area (Å²) in [6.45, 7) is 0.287. The summed E-state index contributed by atoms with van der Waals surface area (Å²) >= 11 is 0. The molecule has 0 heterocycles. The topological polar surface area (TPSA) is 75.6 Å². The first-order valence-corrected chi connectivity index (χ1v) is 10.9. The molecule has 0 unspecified atom stereocenters. The second-order valence-corrected chi connectivity index (χ2v) is 8.78. The predicted octanol–water partition coefficient (Wildman–Crippen LogP) is 5.17. The fourth-order valence-corrected chi connectivity index (χ4v) is 5.13. The maximum Gasteiger partial charge on any atom is 0.407 e. The number of carbonyl (C=O) groups excluding carboxylic acids is 1. The van der Waals surface area contributed by atoms with Crippen LogP contribution in [0.2, 0.25) is 0 Å². The zero-order valence-corrected chi connectivity index (χ0v) is 17.7. The van der Waals surface area contributed by atoms with E-state index in [2.05, 4.69) is 29.6 Å². The van der Waals surface area contributed by atoms with Crippen molar-refractivity contribution in [2.45, 2.75) is 24.7 Å². The van der Waals surface area contributed by atoms with Crippen molar-refractivity contribution in [3.8, 4) is 11.1 Å². The van der Waals surface area contributed by atoms with E-state index in [4.69, 9.17) is 4.74 Å². The van der Waals surface area contributed by atoms with Gasteiger partial charge in [-0.3, -0.25) is 4.79 Å². The Bertz CT molecular complexity index is 1110. The molecule has 0 spiro atoms. The molecule has 162 valence electrons. The van der Waals surface area contributed by atoms with Crippen molar-refractivity contribution < 1.29 is 19.4 Å². The van der Waals surface area contributed by atoms with Gasteiger partial charge < -0.3 is 15.2 Å². The van der Waals surface area contributed by atoms with Gasteiger partial charge in [-0.05, 0) is 46.6 Å². The van der Waals surface area contributed by atoms with Gasteiger partial charge in [0.25, 0.3) is 0 Å². The van der Waals surface area contributed by atoms with Crippen LogP contribution in [0.3, 0.4) is 0 Å². The summed E-state index contributed by atoms with van der Waals surface area (Å²) in [5, 5.41) is 12.5. The second kappa shape index (κ2) is 8.15. The Balaban J connectivity index is 1.20. The van der Waals surface area contributed by atoms with E-state index < -0.39 is 17.5 Å². The summed E-state index contributed by atoms with van der Waals surface area (Å²) in [4.78, 5) is 24.4. The smallest absolute Gasteiger partial charge is 0.407 e. The van der Waals surface area contributed by atoms with Crippen LogP contribution < -0.4 is 5.32 Å². The van der Waals surface area contributed by atoms with Gasteiger partial charge in [-0.15, -0.1) is 0 Å². The minimum absolute atomic E-state index is 0.0206. The quantitative estimate of drug-likeness (QED) is 0.569. The van der Waals surface area contributed by atoms with Crippen LogP contribution in [0.25, 0.3) is 11.1 Å². The molecule has 0 radical (unpaired) electrons. The van der Waals surface area contributed by atoms with Crippen molar-refractivity contribution in [3.05, 3.63) is 95.6 Å². The molecule has 3 aromatic rings. The highest BCUT2D eigenvalue weighted by atomic mass is 16.5. The van der Waals surface area contributed by atoms with Crippen LogP contribution in [0.1, 0.15) is 41.4 Å². The number of ether oxygens (including phenoxy) is 1. The molecule has 5 nitrogen and oxygen atoms in total. The van der Waals surface area contributed by atoms with Crippen LogP contribution in [-0.4, -0.2) is 30.3 Å². The lowest BCUT2D eigenvalue weighted by Gasteiger charge is -2.44. The molecule has 2 aliphatic carbocycles. The van der Waals surface area contributed by atoms with Crippen LogP contribution in [0, 0.1) is 5.41 Å². The van der Waals surface area contributed by atoms with Gasteiger partial charge in [0.2, 0.25) is 0 Å². The standard InChI is InChI=1S/C27H25NO4/c29-25(30)27(14-19(15-27)18-8-2-1-3-9-18)17-28-26(31)32-16-24-22-12-6-4-10-20(22)21-11-5-7-13-23(21)24/h1-13,19,24H,14-17H2,(H,28,31)(H,29,30). The molecule has 0 atom stereocenters. The third kappa shape index (κ3) is 3.54. The molecule has 1 saturated carbocycles. The van der Waals surface area contributed by atoms with E-state index in [0.29, 0.717) is 12.8 Å². The highest BCUT2D eigenvalue weighted by molar-refractivity contribution is 5.80. The largest absolute Gasteiger partial charge is 0.481 e. The van der Waals surface area contributed by atoms with E-state index in [9.17, 15) is 14.7 Å². The number of carboxylic acids is 1. The summed E-state index contributed by atoms with van der Waals surface area (Å²) in [6.07, 6.45) is 0.446. The normalized spacial score (nSPS) is 21.2. The minimum atomic E-state index is -0.938. The number of alkyl carbamates (subject to hydrolysis) is 1. The first-order valence-electron chi connectivity index (χ1n) is 10.9. The third-order valence-electron chi connectivity index (χ3n) is 6.91. The molecule has 0 saturated heterocycles. The van der Waals surface area contributed by atoms with Gasteiger partial charge in [0.05, 0.1) is 5.41 Å². The molecule has 3 aromatic carbocycles. The van der Waals surface area contributed by atoms with Crippen LogP contribution in [0.15, 0.2) is 78.9 Å². The number of carbonyl (C=O) groups is 2. The van der Waals surface area contributed by atoms with E-state index in [1.165, 1.54) is 11.1 Å². The lowest BCUT2D eigenvalue weighted by Crippen LogP contribution is -2.50. The molecular formula is C27H25NO4. The second-order valence-electron chi connectivity index (χ2n) is 8.78. The number of hydrogen-bond acceptors (Lipinski definition) is 3. The van der Waals surface area contributed by atoms with Gasteiger partial charge in [0, 0.05) is 12.5 Å². The Hall–Kier alpha value is -3.60. The molecule has 0 aliphatic heterocycles. The molecule has 5 rings (SSSR count).